The summed E-state index contributed by atoms with van der Waals surface area (Å²) < 4.78 is 5.45. The van der Waals surface area contributed by atoms with Gasteiger partial charge in [-0.05, 0) is 89.9 Å². The van der Waals surface area contributed by atoms with E-state index >= 15 is 0 Å². The van der Waals surface area contributed by atoms with Gasteiger partial charge in [0, 0.05) is 12.8 Å². The highest BCUT2D eigenvalue weighted by atomic mass is 16.5. The number of aliphatic hydroxyl groups is 2. The summed E-state index contributed by atoms with van der Waals surface area (Å²) in [6.07, 6.45) is 79.8. The highest BCUT2D eigenvalue weighted by Gasteiger charge is 2.20. The van der Waals surface area contributed by atoms with Gasteiger partial charge in [0.1, 0.15) is 0 Å². The number of ether oxygens (including phenoxy) is 1. The zero-order valence-electron chi connectivity index (χ0n) is 48.9. The van der Waals surface area contributed by atoms with Crippen LogP contribution in [0.5, 0.6) is 0 Å². The van der Waals surface area contributed by atoms with Crippen molar-refractivity contribution >= 4 is 11.9 Å². The molecule has 0 aromatic heterocycles. The van der Waals surface area contributed by atoms with Crippen molar-refractivity contribution in [2.24, 2.45) is 0 Å². The second kappa shape index (κ2) is 62.4. The van der Waals surface area contributed by atoms with Gasteiger partial charge in [-0.15, -0.1) is 0 Å². The molecule has 0 spiro atoms. The van der Waals surface area contributed by atoms with Crippen molar-refractivity contribution < 1.29 is 24.5 Å². The van der Waals surface area contributed by atoms with Crippen molar-refractivity contribution in [1.82, 2.24) is 5.32 Å². The SMILES string of the molecule is CCCCC/C=C\C/C=C\CCCCCCCC(=O)OCCCCC/C=C\C=C/CCCCCCCCCCCCC(=O)NC(CO)C(O)CCCCCCCCCCCCCCCCCCCCCCCC. The molecule has 0 bridgehead atoms. The van der Waals surface area contributed by atoms with Crippen LogP contribution in [0.2, 0.25) is 0 Å². The van der Waals surface area contributed by atoms with Crippen LogP contribution in [0.1, 0.15) is 341 Å². The van der Waals surface area contributed by atoms with Crippen LogP contribution in [0.15, 0.2) is 48.6 Å². The first kappa shape index (κ1) is 70.8. The van der Waals surface area contributed by atoms with Gasteiger partial charge >= 0.3 is 5.97 Å². The lowest BCUT2D eigenvalue weighted by Gasteiger charge is -2.22. The van der Waals surface area contributed by atoms with E-state index in [9.17, 15) is 19.8 Å². The number of allylic oxidation sites excluding steroid dienone is 8. The second-order valence-electron chi connectivity index (χ2n) is 22.1. The number of hydrogen-bond donors (Lipinski definition) is 3. The lowest BCUT2D eigenvalue weighted by atomic mass is 10.0. The molecular formula is C67H125NO5. The van der Waals surface area contributed by atoms with Crippen molar-refractivity contribution in [3.63, 3.8) is 0 Å². The minimum atomic E-state index is -0.674. The van der Waals surface area contributed by atoms with Gasteiger partial charge in [-0.3, -0.25) is 9.59 Å². The molecule has 2 unspecified atom stereocenters. The molecule has 0 rings (SSSR count). The Balaban J connectivity index is 3.48. The lowest BCUT2D eigenvalue weighted by molar-refractivity contribution is -0.143. The molecule has 0 heterocycles. The Hall–Kier alpha value is -2.18. The molecule has 0 aromatic carbocycles. The van der Waals surface area contributed by atoms with E-state index < -0.39 is 12.1 Å². The number of aliphatic hydroxyl groups excluding tert-OH is 2. The molecule has 0 saturated carbocycles. The summed E-state index contributed by atoms with van der Waals surface area (Å²) in [6.45, 7) is 4.90. The third-order valence-electron chi connectivity index (χ3n) is 14.9. The first-order valence-corrected chi connectivity index (χ1v) is 32.4. The molecule has 0 aromatic rings. The van der Waals surface area contributed by atoms with Crippen molar-refractivity contribution in [1.29, 1.82) is 0 Å². The number of carbonyl (C=O) groups is 2. The summed E-state index contributed by atoms with van der Waals surface area (Å²) in [5.41, 5.74) is 0. The van der Waals surface area contributed by atoms with Gasteiger partial charge in [0.15, 0.2) is 0 Å². The van der Waals surface area contributed by atoms with Gasteiger partial charge in [0.2, 0.25) is 5.91 Å². The zero-order valence-corrected chi connectivity index (χ0v) is 48.9. The van der Waals surface area contributed by atoms with E-state index in [2.05, 4.69) is 67.8 Å². The molecule has 2 atom stereocenters. The number of hydrogen-bond acceptors (Lipinski definition) is 5. The summed E-state index contributed by atoms with van der Waals surface area (Å²) in [5.74, 6) is -0.0698. The van der Waals surface area contributed by atoms with E-state index in [-0.39, 0.29) is 18.5 Å². The van der Waals surface area contributed by atoms with Gasteiger partial charge in [0.25, 0.3) is 0 Å². The van der Waals surface area contributed by atoms with Crippen LogP contribution < -0.4 is 5.32 Å². The van der Waals surface area contributed by atoms with Crippen LogP contribution in [-0.4, -0.2) is 47.4 Å². The zero-order chi connectivity index (χ0) is 52.9. The number of amides is 1. The maximum atomic E-state index is 12.5. The second-order valence-corrected chi connectivity index (χ2v) is 22.1. The fourth-order valence-corrected chi connectivity index (χ4v) is 9.90. The summed E-state index contributed by atoms with van der Waals surface area (Å²) in [7, 11) is 0. The van der Waals surface area contributed by atoms with Crippen LogP contribution in [0.3, 0.4) is 0 Å². The monoisotopic (exact) mass is 1020 g/mol. The average molecular weight is 1020 g/mol. The third-order valence-corrected chi connectivity index (χ3v) is 14.9. The number of rotatable bonds is 60. The standard InChI is InChI=1S/C67H125NO5/c1-3-5-7-9-11-13-15-17-19-20-21-22-23-25-28-32-35-39-43-47-51-55-59-65(70)64(63-69)68-66(71)60-56-52-48-44-40-36-33-29-26-24-27-30-34-38-42-46-50-54-58-62-73-67(72)61-57-53-49-45-41-37-31-18-16-14-12-10-8-6-4-2/h12,14,18,30-31,34,38,42,64-65,69-70H,3-11,13,15-17,19-29,32-33,35-37,39-41,43-63H2,1-2H3,(H,68,71)/b14-12-,31-18-,34-30-,42-38-. The fourth-order valence-electron chi connectivity index (χ4n) is 9.90. The van der Waals surface area contributed by atoms with Crippen molar-refractivity contribution in [2.45, 2.75) is 353 Å². The van der Waals surface area contributed by atoms with Crippen molar-refractivity contribution in [2.75, 3.05) is 13.2 Å². The topological polar surface area (TPSA) is 95.9 Å². The summed E-state index contributed by atoms with van der Waals surface area (Å²) in [4.78, 5) is 24.6. The first-order chi connectivity index (χ1) is 36.0. The van der Waals surface area contributed by atoms with Crippen molar-refractivity contribution in [3.05, 3.63) is 48.6 Å². The van der Waals surface area contributed by atoms with Crippen LogP contribution in [0.25, 0.3) is 0 Å². The number of unbranched alkanes of at least 4 members (excludes halogenated alkanes) is 42. The summed E-state index contributed by atoms with van der Waals surface area (Å²) in [6, 6.07) is -0.552. The van der Waals surface area contributed by atoms with E-state index in [1.807, 2.05) is 0 Å². The van der Waals surface area contributed by atoms with E-state index in [1.54, 1.807) is 0 Å². The Morgan fingerprint density at radius 1 is 0.397 bits per heavy atom. The molecule has 0 aliphatic carbocycles. The van der Waals surface area contributed by atoms with Gasteiger partial charge in [-0.25, -0.2) is 0 Å². The minimum absolute atomic E-state index is 0.0272. The van der Waals surface area contributed by atoms with Crippen molar-refractivity contribution in [3.8, 4) is 0 Å². The van der Waals surface area contributed by atoms with Gasteiger partial charge in [-0.2, -0.15) is 0 Å². The summed E-state index contributed by atoms with van der Waals surface area (Å²) in [5, 5.41) is 23.4. The Morgan fingerprint density at radius 2 is 0.726 bits per heavy atom. The van der Waals surface area contributed by atoms with Crippen LogP contribution in [-0.2, 0) is 14.3 Å². The summed E-state index contributed by atoms with van der Waals surface area (Å²) >= 11 is 0. The van der Waals surface area contributed by atoms with Crippen LogP contribution in [0.4, 0.5) is 0 Å². The van der Waals surface area contributed by atoms with E-state index in [0.717, 1.165) is 77.0 Å². The van der Waals surface area contributed by atoms with E-state index in [4.69, 9.17) is 4.74 Å². The maximum Gasteiger partial charge on any atom is 0.305 e. The highest BCUT2D eigenvalue weighted by Crippen LogP contribution is 2.18. The van der Waals surface area contributed by atoms with Gasteiger partial charge in [-0.1, -0.05) is 287 Å². The van der Waals surface area contributed by atoms with Crippen LogP contribution >= 0.6 is 0 Å². The normalized spacial score (nSPS) is 12.9. The molecule has 1 amide bonds. The van der Waals surface area contributed by atoms with Gasteiger partial charge < -0.3 is 20.3 Å². The molecule has 428 valence electrons. The minimum Gasteiger partial charge on any atom is -0.466 e. The van der Waals surface area contributed by atoms with Gasteiger partial charge in [0.05, 0.1) is 25.4 Å². The van der Waals surface area contributed by atoms with E-state index in [1.165, 1.54) is 231 Å². The quantitative estimate of drug-likeness (QED) is 0.0244. The number of esters is 1. The lowest BCUT2D eigenvalue weighted by Crippen LogP contribution is -2.45. The first-order valence-electron chi connectivity index (χ1n) is 32.4. The Morgan fingerprint density at radius 3 is 1.15 bits per heavy atom. The third kappa shape index (κ3) is 58.9. The molecule has 0 saturated heterocycles. The molecule has 6 nitrogen and oxygen atoms in total. The average Bonchev–Trinajstić information content (AvgIpc) is 3.39. The molecular weight excluding hydrogens is 899 g/mol. The Kier molecular flexibility index (Phi) is 60.5. The maximum absolute atomic E-state index is 12.5. The molecule has 0 aliphatic heterocycles. The molecule has 0 radical (unpaired) electrons. The highest BCUT2D eigenvalue weighted by molar-refractivity contribution is 5.76. The fraction of sp³-hybridized carbons (Fsp3) is 0.851. The largest absolute Gasteiger partial charge is 0.466 e. The predicted octanol–water partition coefficient (Wildman–Crippen LogP) is 20.5. The van der Waals surface area contributed by atoms with E-state index in [0.29, 0.717) is 25.9 Å². The molecule has 0 aliphatic rings. The van der Waals surface area contributed by atoms with Crippen LogP contribution in [0, 0.1) is 0 Å². The molecule has 0 fully saturated rings. The number of nitrogens with one attached hydrogen (secondary N) is 1. The molecule has 73 heavy (non-hydrogen) atoms. The molecule has 6 heteroatoms. The Bertz CT molecular complexity index is 1230. The number of carbonyl (C=O) groups excluding carboxylic acids is 2. The smallest absolute Gasteiger partial charge is 0.305 e. The molecule has 3 N–H and O–H groups in total. The predicted molar refractivity (Wildman–Crippen MR) is 319 cm³/mol. The Labute approximate surface area is 455 Å².